The van der Waals surface area contributed by atoms with Crippen LogP contribution in [-0.2, 0) is 4.79 Å². The summed E-state index contributed by atoms with van der Waals surface area (Å²) in [4.78, 5) is 25.8. The largest absolute Gasteiger partial charge is 0.478 e. The maximum absolute atomic E-state index is 13.4. The van der Waals surface area contributed by atoms with Crippen molar-refractivity contribution < 1.29 is 23.5 Å². The van der Waals surface area contributed by atoms with E-state index in [0.717, 1.165) is 11.8 Å². The summed E-state index contributed by atoms with van der Waals surface area (Å²) < 4.78 is 19.4. The van der Waals surface area contributed by atoms with Crippen molar-refractivity contribution in [2.75, 3.05) is 4.90 Å². The Labute approximate surface area is 184 Å². The lowest BCUT2D eigenvalue weighted by atomic mass is 10.1. The number of thioether (sulfide) groups is 1. The Morgan fingerprint density at radius 1 is 1.20 bits per heavy atom. The summed E-state index contributed by atoms with van der Waals surface area (Å²) in [6.45, 7) is 0. The molecule has 3 aromatic rings. The number of rotatable bonds is 4. The minimum atomic E-state index is -1.07. The van der Waals surface area contributed by atoms with Gasteiger partial charge < -0.3 is 9.52 Å². The van der Waals surface area contributed by atoms with E-state index in [2.05, 4.69) is 0 Å². The van der Waals surface area contributed by atoms with Crippen molar-refractivity contribution in [1.29, 1.82) is 0 Å². The van der Waals surface area contributed by atoms with Gasteiger partial charge in [0.05, 0.1) is 21.2 Å². The topological polar surface area (TPSA) is 70.8 Å². The van der Waals surface area contributed by atoms with Crippen molar-refractivity contribution in [2.45, 2.75) is 0 Å². The maximum atomic E-state index is 13.4. The molecule has 0 atom stereocenters. The molecule has 0 bridgehead atoms. The zero-order valence-corrected chi connectivity index (χ0v) is 17.4. The number of hydrogen-bond donors (Lipinski definition) is 1. The van der Waals surface area contributed by atoms with Gasteiger partial charge in [0, 0.05) is 11.6 Å². The van der Waals surface area contributed by atoms with Gasteiger partial charge in [-0.1, -0.05) is 53.8 Å². The summed E-state index contributed by atoms with van der Waals surface area (Å²) >= 11 is 12.2. The Bertz CT molecular complexity index is 1240. The van der Waals surface area contributed by atoms with Gasteiger partial charge in [-0.2, -0.15) is 0 Å². The van der Waals surface area contributed by atoms with E-state index in [1.807, 2.05) is 0 Å². The lowest BCUT2D eigenvalue weighted by Crippen LogP contribution is -2.27. The van der Waals surface area contributed by atoms with Crippen LogP contribution in [0.25, 0.3) is 17.4 Å². The monoisotopic (exact) mass is 459 g/mol. The van der Waals surface area contributed by atoms with Crippen molar-refractivity contribution in [1.82, 2.24) is 0 Å². The first-order valence-electron chi connectivity index (χ1n) is 8.50. The summed E-state index contributed by atoms with van der Waals surface area (Å²) in [6.07, 6.45) is 1.53. The van der Waals surface area contributed by atoms with Crippen LogP contribution >= 0.6 is 35.6 Å². The molecule has 1 aliphatic heterocycles. The molecule has 0 aliphatic carbocycles. The third-order valence-corrected chi connectivity index (χ3v) is 5.87. The lowest BCUT2D eigenvalue weighted by Gasteiger charge is -2.14. The normalized spacial score (nSPS) is 15.3. The highest BCUT2D eigenvalue weighted by Gasteiger charge is 2.34. The Kier molecular flexibility index (Phi) is 5.46. The number of furan rings is 1. The fraction of sp³-hybridized carbons (Fsp3) is 0. The fourth-order valence-corrected chi connectivity index (χ4v) is 4.36. The van der Waals surface area contributed by atoms with Crippen molar-refractivity contribution in [3.05, 3.63) is 81.7 Å². The van der Waals surface area contributed by atoms with E-state index in [9.17, 15) is 19.1 Å². The predicted octanol–water partition coefficient (Wildman–Crippen LogP) is 5.84. The number of hydrogen-bond acceptors (Lipinski definition) is 5. The van der Waals surface area contributed by atoms with Gasteiger partial charge in [0.2, 0.25) is 0 Å². The highest BCUT2D eigenvalue weighted by atomic mass is 35.5. The molecule has 150 valence electrons. The number of thiocarbonyl (C=S) groups is 1. The average Bonchev–Trinajstić information content (AvgIpc) is 3.29. The van der Waals surface area contributed by atoms with Crippen LogP contribution in [0.5, 0.6) is 0 Å². The molecule has 2 aromatic carbocycles. The molecule has 4 rings (SSSR count). The van der Waals surface area contributed by atoms with Gasteiger partial charge in [0.1, 0.15) is 17.3 Å². The zero-order chi connectivity index (χ0) is 21.4. The first kappa shape index (κ1) is 20.3. The van der Waals surface area contributed by atoms with Crippen molar-refractivity contribution >= 4 is 63.5 Å². The second kappa shape index (κ2) is 8.06. The molecule has 0 saturated carbocycles. The standard InChI is InChI=1S/C21H11ClFNO4S2/c22-15-9-11(5-7-16(15)23)24-19(25)18(30-21(24)29)10-12-6-8-17(28-12)13-3-1-2-4-14(13)20(26)27/h1-10H,(H,26,27)/b18-10-. The molecule has 1 aromatic heterocycles. The first-order valence-corrected chi connectivity index (χ1v) is 10.1. The van der Waals surface area contributed by atoms with Crippen molar-refractivity contribution in [3.8, 4) is 11.3 Å². The number of carboxylic acids is 1. The third-order valence-electron chi connectivity index (χ3n) is 4.28. The van der Waals surface area contributed by atoms with E-state index in [4.69, 9.17) is 28.2 Å². The van der Waals surface area contributed by atoms with E-state index in [1.54, 1.807) is 30.3 Å². The van der Waals surface area contributed by atoms with Crippen LogP contribution in [0.2, 0.25) is 5.02 Å². The second-order valence-electron chi connectivity index (χ2n) is 6.17. The molecule has 30 heavy (non-hydrogen) atoms. The number of benzene rings is 2. The van der Waals surface area contributed by atoms with Gasteiger partial charge in [0.25, 0.3) is 5.91 Å². The molecule has 1 saturated heterocycles. The first-order chi connectivity index (χ1) is 14.3. The molecule has 2 heterocycles. The second-order valence-corrected chi connectivity index (χ2v) is 8.25. The van der Waals surface area contributed by atoms with Crippen LogP contribution in [0.1, 0.15) is 16.1 Å². The highest BCUT2D eigenvalue weighted by molar-refractivity contribution is 8.27. The van der Waals surface area contributed by atoms with Crippen LogP contribution in [0.15, 0.2) is 63.9 Å². The van der Waals surface area contributed by atoms with E-state index < -0.39 is 17.7 Å². The van der Waals surface area contributed by atoms with E-state index >= 15 is 0 Å². The Morgan fingerprint density at radius 3 is 2.70 bits per heavy atom. The summed E-state index contributed by atoms with van der Waals surface area (Å²) in [5.74, 6) is -1.33. The van der Waals surface area contributed by atoms with Crippen LogP contribution in [0.3, 0.4) is 0 Å². The Morgan fingerprint density at radius 2 is 1.97 bits per heavy atom. The predicted molar refractivity (Wildman–Crippen MR) is 118 cm³/mol. The molecular weight excluding hydrogens is 449 g/mol. The van der Waals surface area contributed by atoms with Gasteiger partial charge >= 0.3 is 5.97 Å². The van der Waals surface area contributed by atoms with E-state index in [1.165, 1.54) is 35.2 Å². The summed E-state index contributed by atoms with van der Waals surface area (Å²) in [5.41, 5.74) is 0.902. The molecular formula is C21H11ClFNO4S2. The highest BCUT2D eigenvalue weighted by Crippen LogP contribution is 2.37. The number of amides is 1. The maximum Gasteiger partial charge on any atom is 0.336 e. The molecule has 0 radical (unpaired) electrons. The molecule has 0 unspecified atom stereocenters. The van der Waals surface area contributed by atoms with Crippen LogP contribution < -0.4 is 4.90 Å². The quantitative estimate of drug-likeness (QED) is 0.390. The lowest BCUT2D eigenvalue weighted by molar-refractivity contribution is -0.113. The van der Waals surface area contributed by atoms with Gasteiger partial charge in [0.15, 0.2) is 4.32 Å². The number of halogens is 2. The van der Waals surface area contributed by atoms with Gasteiger partial charge in [-0.25, -0.2) is 9.18 Å². The SMILES string of the molecule is O=C(O)c1ccccc1-c1ccc(/C=C2\SC(=S)N(c3ccc(F)c(Cl)c3)C2=O)o1. The third kappa shape index (κ3) is 3.77. The van der Waals surface area contributed by atoms with Gasteiger partial charge in [-0.3, -0.25) is 9.69 Å². The van der Waals surface area contributed by atoms with E-state index in [-0.39, 0.29) is 14.9 Å². The van der Waals surface area contributed by atoms with Gasteiger partial charge in [-0.15, -0.1) is 0 Å². The molecule has 9 heteroatoms. The fourth-order valence-electron chi connectivity index (χ4n) is 2.90. The summed E-state index contributed by atoms with van der Waals surface area (Å²) in [7, 11) is 0. The van der Waals surface area contributed by atoms with E-state index in [0.29, 0.717) is 27.7 Å². The molecule has 1 aliphatic rings. The summed E-state index contributed by atoms with van der Waals surface area (Å²) in [6, 6.07) is 13.7. The van der Waals surface area contributed by atoms with Crippen LogP contribution in [0, 0.1) is 5.82 Å². The number of anilines is 1. The minimum absolute atomic E-state index is 0.109. The Balaban J connectivity index is 1.64. The minimum Gasteiger partial charge on any atom is -0.478 e. The number of carboxylic acid groups (broad SMARTS) is 1. The number of aromatic carboxylic acids is 1. The molecule has 0 spiro atoms. The smallest absolute Gasteiger partial charge is 0.336 e. The van der Waals surface area contributed by atoms with Crippen LogP contribution in [-0.4, -0.2) is 21.3 Å². The molecule has 1 N–H and O–H groups in total. The zero-order valence-electron chi connectivity index (χ0n) is 15.0. The summed E-state index contributed by atoms with van der Waals surface area (Å²) in [5, 5.41) is 9.23. The molecule has 5 nitrogen and oxygen atoms in total. The Hall–Kier alpha value is -2.94. The average molecular weight is 460 g/mol. The molecule has 1 amide bonds. The number of nitrogens with zero attached hydrogens (tertiary/aromatic N) is 1. The van der Waals surface area contributed by atoms with Crippen LogP contribution in [0.4, 0.5) is 10.1 Å². The number of carbonyl (C=O) groups excluding carboxylic acids is 1. The molecule has 1 fully saturated rings. The number of carbonyl (C=O) groups is 2. The van der Waals surface area contributed by atoms with Crippen molar-refractivity contribution in [3.63, 3.8) is 0 Å². The van der Waals surface area contributed by atoms with Gasteiger partial charge in [-0.05, 0) is 36.4 Å². The van der Waals surface area contributed by atoms with Crippen molar-refractivity contribution in [2.24, 2.45) is 0 Å².